The Morgan fingerprint density at radius 2 is 2.37 bits per heavy atom. The zero-order valence-corrected chi connectivity index (χ0v) is 11.5. The number of nitrogens with one attached hydrogen (secondary N) is 1. The molecular formula is C12H10ClFN2O2S. The van der Waals surface area contributed by atoms with Gasteiger partial charge in [0.05, 0.1) is 19.2 Å². The fourth-order valence-corrected chi connectivity index (χ4v) is 2.37. The third kappa shape index (κ3) is 3.42. The van der Waals surface area contributed by atoms with Gasteiger partial charge in [0.15, 0.2) is 4.47 Å². The van der Waals surface area contributed by atoms with Gasteiger partial charge in [-0.3, -0.25) is 0 Å². The fraction of sp³-hybridized carbons (Fsp3) is 0.167. The van der Waals surface area contributed by atoms with Gasteiger partial charge in [-0.25, -0.2) is 14.2 Å². The Hall–Kier alpha value is -1.66. The molecule has 0 radical (unpaired) electrons. The summed E-state index contributed by atoms with van der Waals surface area (Å²) in [4.78, 5) is 16.2. The summed E-state index contributed by atoms with van der Waals surface area (Å²) in [5.74, 6) is -1.32. The van der Waals surface area contributed by atoms with Crippen LogP contribution < -0.4 is 5.32 Å². The first-order chi connectivity index (χ1) is 9.10. The Morgan fingerprint density at radius 1 is 1.58 bits per heavy atom. The van der Waals surface area contributed by atoms with Crippen molar-refractivity contribution in [3.05, 3.63) is 45.1 Å². The molecule has 0 aliphatic rings. The van der Waals surface area contributed by atoms with E-state index < -0.39 is 11.8 Å². The van der Waals surface area contributed by atoms with E-state index in [0.29, 0.717) is 16.7 Å². The largest absolute Gasteiger partial charge is 0.465 e. The Bertz CT molecular complexity index is 603. The minimum absolute atomic E-state index is 0.102. The van der Waals surface area contributed by atoms with Crippen LogP contribution in [0.25, 0.3) is 0 Å². The van der Waals surface area contributed by atoms with Gasteiger partial charge in [0.1, 0.15) is 5.82 Å². The fourth-order valence-electron chi connectivity index (χ4n) is 1.46. The van der Waals surface area contributed by atoms with Gasteiger partial charge >= 0.3 is 5.97 Å². The van der Waals surface area contributed by atoms with Gasteiger partial charge in [-0.05, 0) is 18.2 Å². The van der Waals surface area contributed by atoms with Gasteiger partial charge in [-0.15, -0.1) is 11.3 Å². The number of aromatic nitrogens is 1. The predicted octanol–water partition coefficient (Wildman–Crippen LogP) is 3.33. The van der Waals surface area contributed by atoms with E-state index in [0.717, 1.165) is 4.88 Å². The van der Waals surface area contributed by atoms with E-state index in [4.69, 9.17) is 11.6 Å². The van der Waals surface area contributed by atoms with Crippen molar-refractivity contribution in [2.24, 2.45) is 0 Å². The standard InChI is InChI=1S/C12H10ClFN2O2S/c1-18-11(17)9-4-7(2-3-10(9)14)15-5-8-6-16-12(13)19-8/h2-4,6,15H,5H2,1H3. The lowest BCUT2D eigenvalue weighted by Crippen LogP contribution is -2.06. The normalized spacial score (nSPS) is 10.3. The molecule has 1 aromatic heterocycles. The molecule has 100 valence electrons. The van der Waals surface area contributed by atoms with Crippen LogP contribution in [0.3, 0.4) is 0 Å². The molecule has 0 amide bonds. The highest BCUT2D eigenvalue weighted by Gasteiger charge is 2.12. The summed E-state index contributed by atoms with van der Waals surface area (Å²) >= 11 is 7.07. The third-order valence-corrected chi connectivity index (χ3v) is 3.48. The number of esters is 1. The highest BCUT2D eigenvalue weighted by atomic mass is 35.5. The molecular weight excluding hydrogens is 291 g/mol. The molecule has 1 heterocycles. The number of carbonyl (C=O) groups is 1. The molecule has 1 N–H and O–H groups in total. The number of benzene rings is 1. The van der Waals surface area contributed by atoms with Crippen LogP contribution in [0.4, 0.5) is 10.1 Å². The van der Waals surface area contributed by atoms with Crippen LogP contribution in [0.2, 0.25) is 4.47 Å². The molecule has 2 rings (SSSR count). The third-order valence-electron chi connectivity index (χ3n) is 2.36. The van der Waals surface area contributed by atoms with Crippen LogP contribution in [-0.4, -0.2) is 18.1 Å². The smallest absolute Gasteiger partial charge is 0.340 e. The number of anilines is 1. The Kier molecular flexibility index (Phi) is 4.34. The lowest BCUT2D eigenvalue weighted by molar-refractivity contribution is 0.0595. The van der Waals surface area contributed by atoms with E-state index in [1.165, 1.54) is 30.6 Å². The maximum Gasteiger partial charge on any atom is 0.340 e. The second-order valence-corrected chi connectivity index (χ2v) is 5.32. The summed E-state index contributed by atoms with van der Waals surface area (Å²) in [5.41, 5.74) is 0.515. The van der Waals surface area contributed by atoms with Crippen molar-refractivity contribution in [1.82, 2.24) is 4.98 Å². The lowest BCUT2D eigenvalue weighted by atomic mass is 10.2. The van der Waals surface area contributed by atoms with Crippen molar-refractivity contribution < 1.29 is 13.9 Å². The SMILES string of the molecule is COC(=O)c1cc(NCc2cnc(Cl)s2)ccc1F. The lowest BCUT2D eigenvalue weighted by Gasteiger charge is -2.07. The van der Waals surface area contributed by atoms with E-state index >= 15 is 0 Å². The van der Waals surface area contributed by atoms with Crippen molar-refractivity contribution >= 4 is 34.6 Å². The van der Waals surface area contributed by atoms with Crippen LogP contribution in [-0.2, 0) is 11.3 Å². The summed E-state index contributed by atoms with van der Waals surface area (Å²) in [7, 11) is 1.21. The first kappa shape index (κ1) is 13.8. The van der Waals surface area contributed by atoms with Gasteiger partial charge in [0.2, 0.25) is 0 Å². The number of hydrogen-bond acceptors (Lipinski definition) is 5. The average Bonchev–Trinajstić information content (AvgIpc) is 2.83. The van der Waals surface area contributed by atoms with Crippen LogP contribution in [0, 0.1) is 5.82 Å². The van der Waals surface area contributed by atoms with Crippen molar-refractivity contribution in [3.63, 3.8) is 0 Å². The molecule has 4 nitrogen and oxygen atoms in total. The van der Waals surface area contributed by atoms with Gasteiger partial charge in [0.25, 0.3) is 0 Å². The Labute approximate surface area is 118 Å². The Balaban J connectivity index is 2.10. The molecule has 19 heavy (non-hydrogen) atoms. The summed E-state index contributed by atoms with van der Waals surface area (Å²) < 4.78 is 18.4. The molecule has 0 atom stereocenters. The van der Waals surface area contributed by atoms with Crippen molar-refractivity contribution in [3.8, 4) is 0 Å². The van der Waals surface area contributed by atoms with Gasteiger partial charge < -0.3 is 10.1 Å². The zero-order valence-electron chi connectivity index (χ0n) is 9.94. The number of ether oxygens (including phenoxy) is 1. The molecule has 0 saturated carbocycles. The van der Waals surface area contributed by atoms with Crippen LogP contribution in [0.1, 0.15) is 15.2 Å². The Morgan fingerprint density at radius 3 is 3.00 bits per heavy atom. The van der Waals surface area contributed by atoms with E-state index in [9.17, 15) is 9.18 Å². The molecule has 0 spiro atoms. The molecule has 0 saturated heterocycles. The molecule has 0 aliphatic heterocycles. The van der Waals surface area contributed by atoms with Crippen molar-refractivity contribution in [2.45, 2.75) is 6.54 Å². The topological polar surface area (TPSA) is 51.2 Å². The molecule has 0 bridgehead atoms. The highest BCUT2D eigenvalue weighted by Crippen LogP contribution is 2.20. The van der Waals surface area contributed by atoms with Crippen molar-refractivity contribution in [1.29, 1.82) is 0 Å². The first-order valence-corrected chi connectivity index (χ1v) is 6.51. The predicted molar refractivity (Wildman–Crippen MR) is 72.2 cm³/mol. The molecule has 0 unspecified atom stereocenters. The summed E-state index contributed by atoms with van der Waals surface area (Å²) in [6, 6.07) is 4.17. The number of nitrogens with zero attached hydrogens (tertiary/aromatic N) is 1. The first-order valence-electron chi connectivity index (χ1n) is 5.32. The monoisotopic (exact) mass is 300 g/mol. The minimum atomic E-state index is -0.706. The maximum atomic E-state index is 13.4. The molecule has 1 aromatic carbocycles. The zero-order chi connectivity index (χ0) is 13.8. The highest BCUT2D eigenvalue weighted by molar-refractivity contribution is 7.15. The summed E-state index contributed by atoms with van der Waals surface area (Å²) in [6.45, 7) is 0.497. The number of thiazole rings is 1. The number of rotatable bonds is 4. The summed E-state index contributed by atoms with van der Waals surface area (Å²) in [6.07, 6.45) is 1.66. The van der Waals surface area contributed by atoms with E-state index in [-0.39, 0.29) is 5.56 Å². The maximum absolute atomic E-state index is 13.4. The van der Waals surface area contributed by atoms with Gasteiger partial charge in [-0.2, -0.15) is 0 Å². The van der Waals surface area contributed by atoms with E-state index in [1.54, 1.807) is 12.3 Å². The molecule has 2 aromatic rings. The van der Waals surface area contributed by atoms with Crippen LogP contribution in [0.5, 0.6) is 0 Å². The van der Waals surface area contributed by atoms with E-state index in [1.807, 2.05) is 0 Å². The van der Waals surface area contributed by atoms with E-state index in [2.05, 4.69) is 15.0 Å². The van der Waals surface area contributed by atoms with Gasteiger partial charge in [0, 0.05) is 16.8 Å². The molecule has 7 heteroatoms. The number of methoxy groups -OCH3 is 1. The average molecular weight is 301 g/mol. The second kappa shape index (κ2) is 5.99. The second-order valence-electron chi connectivity index (χ2n) is 3.62. The minimum Gasteiger partial charge on any atom is -0.465 e. The van der Waals surface area contributed by atoms with Crippen LogP contribution >= 0.6 is 22.9 Å². The number of halogens is 2. The number of hydrogen-bond donors (Lipinski definition) is 1. The molecule has 0 fully saturated rings. The molecule has 0 aliphatic carbocycles. The quantitative estimate of drug-likeness (QED) is 0.880. The van der Waals surface area contributed by atoms with Crippen molar-refractivity contribution in [2.75, 3.05) is 12.4 Å². The van der Waals surface area contributed by atoms with Crippen LogP contribution in [0.15, 0.2) is 24.4 Å². The number of carbonyl (C=O) groups excluding carboxylic acids is 1. The summed E-state index contributed by atoms with van der Waals surface area (Å²) in [5, 5.41) is 3.06. The van der Waals surface area contributed by atoms with Gasteiger partial charge in [-0.1, -0.05) is 11.6 Å².